The van der Waals surface area contributed by atoms with Crippen LogP contribution in [-0.2, 0) is 10.0 Å². The highest BCUT2D eigenvalue weighted by molar-refractivity contribution is 7.89. The first-order valence-electron chi connectivity index (χ1n) is 7.19. The molecule has 4 N–H and O–H groups in total. The maximum atomic E-state index is 12.6. The molecular weight excluding hydrogens is 288 g/mol. The molecule has 2 rings (SSSR count). The van der Waals surface area contributed by atoms with E-state index in [9.17, 15) is 8.42 Å². The lowest BCUT2D eigenvalue weighted by atomic mass is 10.0. The van der Waals surface area contributed by atoms with E-state index in [0.717, 1.165) is 18.4 Å². The van der Waals surface area contributed by atoms with Crippen LogP contribution < -0.4 is 10.5 Å². The molecule has 1 aromatic carbocycles. The Balaban J connectivity index is 2.27. The second kappa shape index (κ2) is 5.59. The van der Waals surface area contributed by atoms with Crippen molar-refractivity contribution in [2.75, 3.05) is 18.9 Å². The van der Waals surface area contributed by atoms with Crippen molar-refractivity contribution in [2.45, 2.75) is 44.9 Å². The predicted octanol–water partition coefficient (Wildman–Crippen LogP) is 1.63. The van der Waals surface area contributed by atoms with Crippen LogP contribution in [0.3, 0.4) is 0 Å². The summed E-state index contributed by atoms with van der Waals surface area (Å²) in [7, 11) is -3.58. The number of nitrogens with one attached hydrogen (secondary N) is 1. The van der Waals surface area contributed by atoms with Crippen LogP contribution in [0.15, 0.2) is 11.0 Å². The number of benzene rings is 1. The number of sulfonamides is 1. The topological polar surface area (TPSA) is 92.4 Å². The zero-order chi connectivity index (χ0) is 15.8. The van der Waals surface area contributed by atoms with E-state index in [0.29, 0.717) is 29.8 Å². The molecule has 0 aliphatic heterocycles. The summed E-state index contributed by atoms with van der Waals surface area (Å²) in [6.07, 6.45) is 2.57. The van der Waals surface area contributed by atoms with E-state index in [1.165, 1.54) is 0 Å². The molecule has 1 aromatic rings. The summed E-state index contributed by atoms with van der Waals surface area (Å²) in [6, 6.07) is 1.80. The van der Waals surface area contributed by atoms with Gasteiger partial charge in [0.25, 0.3) is 0 Å². The van der Waals surface area contributed by atoms with Gasteiger partial charge in [-0.25, -0.2) is 13.1 Å². The van der Waals surface area contributed by atoms with Crippen molar-refractivity contribution in [2.24, 2.45) is 5.41 Å². The molecule has 0 spiro atoms. The summed E-state index contributed by atoms with van der Waals surface area (Å²) in [4.78, 5) is 0.283. The summed E-state index contributed by atoms with van der Waals surface area (Å²) >= 11 is 0. The monoisotopic (exact) mass is 312 g/mol. The van der Waals surface area contributed by atoms with Gasteiger partial charge in [-0.05, 0) is 62.1 Å². The van der Waals surface area contributed by atoms with Gasteiger partial charge in [-0.15, -0.1) is 0 Å². The molecule has 5 nitrogen and oxygen atoms in total. The number of nitrogen functional groups attached to an aromatic ring is 1. The van der Waals surface area contributed by atoms with Crippen LogP contribution in [0, 0.1) is 26.2 Å². The van der Waals surface area contributed by atoms with Crippen LogP contribution in [0.4, 0.5) is 5.69 Å². The van der Waals surface area contributed by atoms with E-state index in [4.69, 9.17) is 10.8 Å². The molecular formula is C15H24N2O3S. The minimum atomic E-state index is -3.58. The largest absolute Gasteiger partial charge is 0.398 e. The summed E-state index contributed by atoms with van der Waals surface area (Å²) in [6.45, 7) is 5.87. The van der Waals surface area contributed by atoms with Crippen molar-refractivity contribution in [3.05, 3.63) is 22.8 Å². The number of anilines is 1. The first-order valence-corrected chi connectivity index (χ1v) is 8.67. The number of nitrogens with two attached hydrogens (primary N) is 1. The Morgan fingerprint density at radius 1 is 1.29 bits per heavy atom. The zero-order valence-electron chi connectivity index (χ0n) is 12.9. The van der Waals surface area contributed by atoms with Gasteiger partial charge >= 0.3 is 0 Å². The molecule has 6 heteroatoms. The number of rotatable bonds is 6. The summed E-state index contributed by atoms with van der Waals surface area (Å²) in [5.41, 5.74) is 8.64. The fourth-order valence-corrected chi connectivity index (χ4v) is 4.48. The molecule has 0 atom stereocenters. The van der Waals surface area contributed by atoms with E-state index >= 15 is 0 Å². The first kappa shape index (κ1) is 16.3. The Morgan fingerprint density at radius 2 is 1.90 bits per heavy atom. The lowest BCUT2D eigenvalue weighted by Crippen LogP contribution is -2.32. The van der Waals surface area contributed by atoms with E-state index in [2.05, 4.69) is 4.72 Å². The lowest BCUT2D eigenvalue weighted by molar-refractivity contribution is 0.249. The second-order valence-electron chi connectivity index (χ2n) is 6.18. The fourth-order valence-electron chi connectivity index (χ4n) is 2.84. The number of hydrogen-bond acceptors (Lipinski definition) is 4. The van der Waals surface area contributed by atoms with Crippen LogP contribution in [0.25, 0.3) is 0 Å². The predicted molar refractivity (Wildman–Crippen MR) is 83.6 cm³/mol. The molecule has 1 saturated carbocycles. The number of hydrogen-bond donors (Lipinski definition) is 3. The van der Waals surface area contributed by atoms with Crippen LogP contribution in [-0.4, -0.2) is 26.7 Å². The third kappa shape index (κ3) is 3.22. The minimum Gasteiger partial charge on any atom is -0.398 e. The van der Waals surface area contributed by atoms with Gasteiger partial charge < -0.3 is 10.8 Å². The van der Waals surface area contributed by atoms with Crippen molar-refractivity contribution in [3.8, 4) is 0 Å². The van der Waals surface area contributed by atoms with E-state index in [-0.39, 0.29) is 16.9 Å². The SMILES string of the molecule is Cc1cc(C)c(S(=O)(=O)NCC2(CCO)CC2)c(C)c1N. The molecule has 0 unspecified atom stereocenters. The average Bonchev–Trinajstić information content (AvgIpc) is 3.14. The van der Waals surface area contributed by atoms with Crippen molar-refractivity contribution in [3.63, 3.8) is 0 Å². The van der Waals surface area contributed by atoms with Gasteiger partial charge in [0.15, 0.2) is 0 Å². The quantitative estimate of drug-likeness (QED) is 0.696. The van der Waals surface area contributed by atoms with Crippen molar-refractivity contribution in [1.82, 2.24) is 4.72 Å². The number of aryl methyl sites for hydroxylation is 2. The molecule has 1 aliphatic rings. The van der Waals surface area contributed by atoms with Crippen molar-refractivity contribution >= 4 is 15.7 Å². The molecule has 0 aromatic heterocycles. The number of aliphatic hydroxyl groups excluding tert-OH is 1. The van der Waals surface area contributed by atoms with Crippen LogP contribution >= 0.6 is 0 Å². The highest BCUT2D eigenvalue weighted by Crippen LogP contribution is 2.48. The third-order valence-electron chi connectivity index (χ3n) is 4.47. The Bertz CT molecular complexity index is 649. The van der Waals surface area contributed by atoms with Gasteiger partial charge in [0.2, 0.25) is 10.0 Å². The molecule has 0 bridgehead atoms. The fraction of sp³-hybridized carbons (Fsp3) is 0.600. The normalized spacial score (nSPS) is 17.0. The van der Waals surface area contributed by atoms with Gasteiger partial charge in [-0.1, -0.05) is 6.07 Å². The third-order valence-corrected chi connectivity index (χ3v) is 6.16. The maximum absolute atomic E-state index is 12.6. The van der Waals surface area contributed by atoms with Gasteiger partial charge in [0.1, 0.15) is 0 Å². The molecule has 1 aliphatic carbocycles. The smallest absolute Gasteiger partial charge is 0.241 e. The Labute approximate surface area is 126 Å². The zero-order valence-corrected chi connectivity index (χ0v) is 13.7. The molecule has 0 amide bonds. The summed E-state index contributed by atoms with van der Waals surface area (Å²) in [5.74, 6) is 0. The Kier molecular flexibility index (Phi) is 4.33. The molecule has 21 heavy (non-hydrogen) atoms. The molecule has 1 fully saturated rings. The Hall–Kier alpha value is -1.11. The van der Waals surface area contributed by atoms with Gasteiger partial charge in [0.05, 0.1) is 4.90 Å². The maximum Gasteiger partial charge on any atom is 0.241 e. The van der Waals surface area contributed by atoms with E-state index < -0.39 is 10.0 Å². The van der Waals surface area contributed by atoms with Crippen LogP contribution in [0.5, 0.6) is 0 Å². The van der Waals surface area contributed by atoms with Gasteiger partial charge in [-0.2, -0.15) is 0 Å². The summed E-state index contributed by atoms with van der Waals surface area (Å²) in [5, 5.41) is 9.05. The van der Waals surface area contributed by atoms with E-state index in [1.807, 2.05) is 6.92 Å². The van der Waals surface area contributed by atoms with Crippen LogP contribution in [0.2, 0.25) is 0 Å². The first-order chi connectivity index (χ1) is 9.72. The standard InChI is InChI=1S/C15H24N2O3S/c1-10-8-11(2)14(12(3)13(10)16)21(19,20)17-9-15(4-5-15)6-7-18/h8,17-18H,4-7,9,16H2,1-3H3. The van der Waals surface area contributed by atoms with Crippen molar-refractivity contribution < 1.29 is 13.5 Å². The minimum absolute atomic E-state index is 0.0557. The second-order valence-corrected chi connectivity index (χ2v) is 7.88. The molecule has 0 radical (unpaired) electrons. The summed E-state index contributed by atoms with van der Waals surface area (Å²) < 4.78 is 27.9. The highest BCUT2D eigenvalue weighted by atomic mass is 32.2. The van der Waals surface area contributed by atoms with Crippen LogP contribution in [0.1, 0.15) is 36.0 Å². The molecule has 118 valence electrons. The number of aliphatic hydroxyl groups is 1. The highest BCUT2D eigenvalue weighted by Gasteiger charge is 2.42. The van der Waals surface area contributed by atoms with Gasteiger partial charge in [0, 0.05) is 18.8 Å². The lowest BCUT2D eigenvalue weighted by Gasteiger charge is -2.18. The van der Waals surface area contributed by atoms with Crippen molar-refractivity contribution in [1.29, 1.82) is 0 Å². The average molecular weight is 312 g/mol. The molecule has 0 heterocycles. The molecule has 0 saturated heterocycles. The Morgan fingerprint density at radius 3 is 2.43 bits per heavy atom. The van der Waals surface area contributed by atoms with E-state index in [1.54, 1.807) is 19.9 Å². The van der Waals surface area contributed by atoms with Gasteiger partial charge in [-0.3, -0.25) is 0 Å².